The van der Waals surface area contributed by atoms with Crippen molar-refractivity contribution >= 4 is 5.71 Å². The van der Waals surface area contributed by atoms with E-state index in [2.05, 4.69) is 17.2 Å². The fraction of sp³-hybridized carbons (Fsp3) is 0.900. The number of hydrogen-bond acceptors (Lipinski definition) is 3. The highest BCUT2D eigenvalue weighted by Gasteiger charge is 2.21. The number of hydrogen-bond donors (Lipinski definition) is 1. The van der Waals surface area contributed by atoms with Crippen LogP contribution in [0.4, 0.5) is 0 Å². The normalized spacial score (nSPS) is 13.7. The molecule has 0 radical (unpaired) electrons. The van der Waals surface area contributed by atoms with E-state index in [1.165, 1.54) is 0 Å². The largest absolute Gasteiger partial charge is 0.307 e. The molecular weight excluding hydrogens is 162 g/mol. The molecule has 0 unspecified atom stereocenters. The van der Waals surface area contributed by atoms with Gasteiger partial charge in [-0.1, -0.05) is 6.92 Å². The van der Waals surface area contributed by atoms with Crippen molar-refractivity contribution in [2.75, 3.05) is 0 Å². The highest BCUT2D eigenvalue weighted by Crippen LogP contribution is 2.18. The molecule has 0 saturated heterocycles. The van der Waals surface area contributed by atoms with E-state index in [-0.39, 0.29) is 5.54 Å². The van der Waals surface area contributed by atoms with Crippen molar-refractivity contribution in [1.29, 1.82) is 5.41 Å². The summed E-state index contributed by atoms with van der Waals surface area (Å²) in [4.78, 5) is 0. The van der Waals surface area contributed by atoms with Gasteiger partial charge in [-0.15, -0.1) is 0 Å². The number of nitrogens with one attached hydrogen (secondary N) is 1. The zero-order chi connectivity index (χ0) is 10.7. The lowest BCUT2D eigenvalue weighted by molar-refractivity contribution is 0.449. The molecular formula is C10H21N3. The van der Waals surface area contributed by atoms with E-state index in [1.807, 2.05) is 27.7 Å². The molecule has 0 fully saturated rings. The van der Waals surface area contributed by atoms with Crippen molar-refractivity contribution in [3.8, 4) is 0 Å². The first-order chi connectivity index (χ1) is 5.71. The molecule has 0 aliphatic carbocycles. The molecule has 0 aromatic heterocycles. The van der Waals surface area contributed by atoms with Crippen LogP contribution in [-0.4, -0.2) is 16.8 Å². The Kier molecular flexibility index (Phi) is 3.76. The Morgan fingerprint density at radius 3 is 1.92 bits per heavy atom. The van der Waals surface area contributed by atoms with E-state index < -0.39 is 5.54 Å². The van der Waals surface area contributed by atoms with Crippen LogP contribution in [0.15, 0.2) is 10.2 Å². The quantitative estimate of drug-likeness (QED) is 0.512. The van der Waals surface area contributed by atoms with Crippen LogP contribution in [0.3, 0.4) is 0 Å². The van der Waals surface area contributed by atoms with Gasteiger partial charge in [0.1, 0.15) is 5.54 Å². The molecule has 0 amide bonds. The molecule has 0 aliphatic heterocycles. The minimum absolute atomic E-state index is 0.104. The third-order valence-corrected chi connectivity index (χ3v) is 2.35. The lowest BCUT2D eigenvalue weighted by Crippen LogP contribution is -2.27. The summed E-state index contributed by atoms with van der Waals surface area (Å²) >= 11 is 0. The summed E-state index contributed by atoms with van der Waals surface area (Å²) in [7, 11) is 0. The SMILES string of the molecule is CCC(C)(C)N=NC(C)(C)C(C)=N. The summed E-state index contributed by atoms with van der Waals surface area (Å²) in [6.07, 6.45) is 0.962. The summed E-state index contributed by atoms with van der Waals surface area (Å²) in [6.45, 7) is 11.8. The Morgan fingerprint density at radius 1 is 1.15 bits per heavy atom. The second kappa shape index (κ2) is 3.99. The highest BCUT2D eigenvalue weighted by atomic mass is 15.2. The van der Waals surface area contributed by atoms with Gasteiger partial charge in [-0.25, -0.2) is 0 Å². The van der Waals surface area contributed by atoms with Crippen LogP contribution in [-0.2, 0) is 0 Å². The molecule has 13 heavy (non-hydrogen) atoms. The van der Waals surface area contributed by atoms with Crippen LogP contribution >= 0.6 is 0 Å². The molecule has 0 spiro atoms. The van der Waals surface area contributed by atoms with Gasteiger partial charge in [0.15, 0.2) is 0 Å². The molecule has 76 valence electrons. The minimum Gasteiger partial charge on any atom is -0.307 e. The van der Waals surface area contributed by atoms with E-state index >= 15 is 0 Å². The maximum Gasteiger partial charge on any atom is 0.113 e. The molecule has 3 heteroatoms. The molecule has 0 aliphatic rings. The van der Waals surface area contributed by atoms with Crippen molar-refractivity contribution in [2.24, 2.45) is 10.2 Å². The first kappa shape index (κ1) is 12.3. The summed E-state index contributed by atoms with van der Waals surface area (Å²) in [6, 6.07) is 0. The zero-order valence-corrected chi connectivity index (χ0v) is 9.60. The summed E-state index contributed by atoms with van der Waals surface area (Å²) < 4.78 is 0. The standard InChI is InChI=1S/C10H21N3/c1-7-9(3,4)12-13-10(5,6)8(2)11/h11H,7H2,1-6H3. The van der Waals surface area contributed by atoms with Crippen LogP contribution in [0.25, 0.3) is 0 Å². The Morgan fingerprint density at radius 2 is 1.62 bits per heavy atom. The van der Waals surface area contributed by atoms with Crippen LogP contribution in [0, 0.1) is 5.41 Å². The van der Waals surface area contributed by atoms with Gasteiger partial charge < -0.3 is 5.41 Å². The lowest BCUT2D eigenvalue weighted by atomic mass is 10.0. The molecule has 0 heterocycles. The van der Waals surface area contributed by atoms with Gasteiger partial charge in [0, 0.05) is 5.71 Å². The van der Waals surface area contributed by atoms with Crippen molar-refractivity contribution in [3.05, 3.63) is 0 Å². The molecule has 0 aromatic carbocycles. The van der Waals surface area contributed by atoms with Gasteiger partial charge in [-0.2, -0.15) is 10.2 Å². The first-order valence-electron chi connectivity index (χ1n) is 4.71. The Labute approximate surface area is 81.2 Å². The van der Waals surface area contributed by atoms with Crippen molar-refractivity contribution in [2.45, 2.75) is 59.0 Å². The van der Waals surface area contributed by atoms with E-state index in [9.17, 15) is 0 Å². The van der Waals surface area contributed by atoms with Gasteiger partial charge >= 0.3 is 0 Å². The second-order valence-electron chi connectivity index (χ2n) is 4.55. The van der Waals surface area contributed by atoms with E-state index in [0.717, 1.165) is 6.42 Å². The molecule has 0 rings (SSSR count). The molecule has 0 bridgehead atoms. The first-order valence-corrected chi connectivity index (χ1v) is 4.71. The molecule has 3 nitrogen and oxygen atoms in total. The maximum atomic E-state index is 7.51. The average Bonchev–Trinajstić information content (AvgIpc) is 2.01. The maximum absolute atomic E-state index is 7.51. The Bertz CT molecular complexity index is 214. The predicted octanol–water partition coefficient (Wildman–Crippen LogP) is 3.45. The number of rotatable bonds is 4. The van der Waals surface area contributed by atoms with Crippen molar-refractivity contribution in [3.63, 3.8) is 0 Å². The number of azo groups is 1. The van der Waals surface area contributed by atoms with Crippen LogP contribution < -0.4 is 0 Å². The fourth-order valence-corrected chi connectivity index (χ4v) is 0.406. The van der Waals surface area contributed by atoms with E-state index in [1.54, 1.807) is 6.92 Å². The van der Waals surface area contributed by atoms with Crippen LogP contribution in [0.1, 0.15) is 48.0 Å². The van der Waals surface area contributed by atoms with E-state index in [0.29, 0.717) is 5.71 Å². The summed E-state index contributed by atoms with van der Waals surface area (Å²) in [5.74, 6) is 0. The van der Waals surface area contributed by atoms with Crippen LogP contribution in [0.5, 0.6) is 0 Å². The van der Waals surface area contributed by atoms with Gasteiger partial charge in [0.2, 0.25) is 0 Å². The van der Waals surface area contributed by atoms with Gasteiger partial charge in [-0.05, 0) is 41.0 Å². The van der Waals surface area contributed by atoms with Crippen molar-refractivity contribution < 1.29 is 0 Å². The molecule has 0 saturated carbocycles. The second-order valence-corrected chi connectivity index (χ2v) is 4.55. The predicted molar refractivity (Wildman–Crippen MR) is 56.7 cm³/mol. The average molecular weight is 183 g/mol. The molecule has 0 aromatic rings. The van der Waals surface area contributed by atoms with Crippen LogP contribution in [0.2, 0.25) is 0 Å². The third kappa shape index (κ3) is 4.15. The highest BCUT2D eigenvalue weighted by molar-refractivity contribution is 5.87. The molecule has 0 atom stereocenters. The fourth-order valence-electron chi connectivity index (χ4n) is 0.406. The molecule has 1 N–H and O–H groups in total. The minimum atomic E-state index is -0.452. The van der Waals surface area contributed by atoms with Gasteiger partial charge in [0.05, 0.1) is 5.54 Å². The lowest BCUT2D eigenvalue weighted by Gasteiger charge is -2.21. The third-order valence-electron chi connectivity index (χ3n) is 2.35. The van der Waals surface area contributed by atoms with Gasteiger partial charge in [-0.3, -0.25) is 0 Å². The monoisotopic (exact) mass is 183 g/mol. The number of nitrogens with zero attached hydrogens (tertiary/aromatic N) is 2. The smallest absolute Gasteiger partial charge is 0.113 e. The summed E-state index contributed by atoms with van der Waals surface area (Å²) in [5, 5.41) is 16.0. The summed E-state index contributed by atoms with van der Waals surface area (Å²) in [5.41, 5.74) is -0.0118. The Hall–Kier alpha value is -0.730. The van der Waals surface area contributed by atoms with E-state index in [4.69, 9.17) is 5.41 Å². The topological polar surface area (TPSA) is 48.6 Å². The zero-order valence-electron chi connectivity index (χ0n) is 9.60. The van der Waals surface area contributed by atoms with Gasteiger partial charge in [0.25, 0.3) is 0 Å². The van der Waals surface area contributed by atoms with Crippen molar-refractivity contribution in [1.82, 2.24) is 0 Å². The Balaban J connectivity index is 4.52.